The van der Waals surface area contributed by atoms with Crippen molar-refractivity contribution in [1.29, 1.82) is 0 Å². The van der Waals surface area contributed by atoms with E-state index >= 15 is 0 Å². The molecule has 1 heterocycles. The Morgan fingerprint density at radius 1 is 1.42 bits per heavy atom. The fraction of sp³-hybridized carbons (Fsp3) is 0.583. The molecule has 19 heavy (non-hydrogen) atoms. The molecule has 7 heteroatoms. The fourth-order valence-corrected chi connectivity index (χ4v) is 2.31. The number of hydrogen-bond acceptors (Lipinski definition) is 6. The van der Waals surface area contributed by atoms with Crippen molar-refractivity contribution in [1.82, 2.24) is 15.3 Å². The van der Waals surface area contributed by atoms with E-state index in [0.717, 1.165) is 0 Å². The van der Waals surface area contributed by atoms with Crippen LogP contribution in [0, 0.1) is 5.92 Å². The summed E-state index contributed by atoms with van der Waals surface area (Å²) in [5.74, 6) is -0.549. The van der Waals surface area contributed by atoms with Crippen LogP contribution in [-0.4, -0.2) is 58.1 Å². The van der Waals surface area contributed by atoms with Crippen LogP contribution >= 0.6 is 0 Å². The maximum atomic E-state index is 11.9. The quantitative estimate of drug-likeness (QED) is 0.644. The molecule has 104 valence electrons. The molecule has 1 amide bonds. The first-order valence-corrected chi connectivity index (χ1v) is 6.04. The minimum absolute atomic E-state index is 0.183. The first-order valence-electron chi connectivity index (χ1n) is 6.04. The van der Waals surface area contributed by atoms with E-state index in [9.17, 15) is 15.0 Å². The molecule has 0 aliphatic heterocycles. The molecule has 1 aromatic rings. The predicted molar refractivity (Wildman–Crippen MR) is 65.3 cm³/mol. The van der Waals surface area contributed by atoms with Crippen LogP contribution < -0.4 is 5.32 Å². The van der Waals surface area contributed by atoms with E-state index in [-0.39, 0.29) is 11.8 Å². The Hall–Kier alpha value is -1.57. The number of amides is 1. The molecule has 2 rings (SSSR count). The molecule has 7 nitrogen and oxygen atoms in total. The molecule has 1 aromatic heterocycles. The van der Waals surface area contributed by atoms with Crippen molar-refractivity contribution >= 4 is 5.91 Å². The third kappa shape index (κ3) is 3.06. The van der Waals surface area contributed by atoms with Gasteiger partial charge in [-0.2, -0.15) is 0 Å². The lowest BCUT2D eigenvalue weighted by molar-refractivity contribution is -0.00552. The molecule has 4 atom stereocenters. The van der Waals surface area contributed by atoms with Gasteiger partial charge < -0.3 is 20.3 Å². The number of rotatable bonds is 4. The smallest absolute Gasteiger partial charge is 0.254 e. The Balaban J connectivity index is 1.98. The van der Waals surface area contributed by atoms with Gasteiger partial charge in [0, 0.05) is 25.4 Å². The van der Waals surface area contributed by atoms with Crippen molar-refractivity contribution in [2.75, 3.05) is 13.7 Å². The lowest BCUT2D eigenvalue weighted by Gasteiger charge is -2.17. The number of methoxy groups -OCH3 is 1. The lowest BCUT2D eigenvalue weighted by atomic mass is 10.1. The zero-order valence-corrected chi connectivity index (χ0v) is 10.6. The van der Waals surface area contributed by atoms with Gasteiger partial charge in [-0.15, -0.1) is 0 Å². The van der Waals surface area contributed by atoms with Crippen molar-refractivity contribution in [2.24, 2.45) is 5.92 Å². The Labute approximate surface area is 110 Å². The summed E-state index contributed by atoms with van der Waals surface area (Å²) in [6.45, 7) is 0.346. The minimum atomic E-state index is -0.992. The van der Waals surface area contributed by atoms with Gasteiger partial charge in [0.2, 0.25) is 0 Å². The molecular formula is C12H17N3O4. The summed E-state index contributed by atoms with van der Waals surface area (Å²) in [7, 11) is 1.53. The molecule has 1 aliphatic rings. The number of nitrogens with one attached hydrogen (secondary N) is 1. The highest BCUT2D eigenvalue weighted by atomic mass is 16.5. The normalized spacial score (nSPS) is 30.3. The molecule has 0 saturated heterocycles. The third-order valence-corrected chi connectivity index (χ3v) is 3.32. The maximum absolute atomic E-state index is 11.9. The Morgan fingerprint density at radius 2 is 2.11 bits per heavy atom. The molecule has 1 aliphatic carbocycles. The highest BCUT2D eigenvalue weighted by Crippen LogP contribution is 2.27. The zero-order chi connectivity index (χ0) is 13.8. The van der Waals surface area contributed by atoms with Crippen molar-refractivity contribution in [3.8, 4) is 0 Å². The number of carbonyl (C=O) groups excluding carboxylic acids is 1. The highest BCUT2D eigenvalue weighted by molar-refractivity contribution is 5.93. The van der Waals surface area contributed by atoms with E-state index < -0.39 is 18.2 Å². The molecular weight excluding hydrogens is 250 g/mol. The summed E-state index contributed by atoms with van der Waals surface area (Å²) < 4.78 is 4.98. The van der Waals surface area contributed by atoms with Crippen LogP contribution in [0.4, 0.5) is 0 Å². The van der Waals surface area contributed by atoms with Crippen LogP contribution in [0.2, 0.25) is 0 Å². The second-order valence-corrected chi connectivity index (χ2v) is 4.64. The monoisotopic (exact) mass is 267 g/mol. The van der Waals surface area contributed by atoms with Crippen LogP contribution in [-0.2, 0) is 4.74 Å². The minimum Gasteiger partial charge on any atom is -0.390 e. The maximum Gasteiger partial charge on any atom is 0.254 e. The van der Waals surface area contributed by atoms with E-state index in [0.29, 0.717) is 18.6 Å². The lowest BCUT2D eigenvalue weighted by Crippen LogP contribution is -2.43. The number of carbonyl (C=O) groups is 1. The number of hydrogen-bond donors (Lipinski definition) is 3. The first kappa shape index (κ1) is 13.9. The van der Waals surface area contributed by atoms with Gasteiger partial charge in [0.05, 0.1) is 24.3 Å². The number of aliphatic hydroxyl groups excluding tert-OH is 2. The van der Waals surface area contributed by atoms with Gasteiger partial charge in [-0.05, 0) is 6.42 Å². The van der Waals surface area contributed by atoms with Gasteiger partial charge >= 0.3 is 0 Å². The molecule has 0 bridgehead atoms. The topological polar surface area (TPSA) is 105 Å². The van der Waals surface area contributed by atoms with Gasteiger partial charge in [0.25, 0.3) is 5.91 Å². The summed E-state index contributed by atoms with van der Waals surface area (Å²) in [6.07, 6.45) is 2.71. The SMILES string of the molecule is COCC1CC(NC(=O)c2cncnc2)C(O)C1O. The van der Waals surface area contributed by atoms with Crippen molar-refractivity contribution in [3.63, 3.8) is 0 Å². The molecule has 0 radical (unpaired) electrons. The predicted octanol–water partition coefficient (Wildman–Crippen LogP) is -1.04. The van der Waals surface area contributed by atoms with Crippen molar-refractivity contribution in [3.05, 3.63) is 24.3 Å². The fourth-order valence-electron chi connectivity index (χ4n) is 2.31. The Bertz CT molecular complexity index is 428. The Kier molecular flexibility index (Phi) is 4.41. The summed E-state index contributed by atoms with van der Waals surface area (Å²) >= 11 is 0. The van der Waals surface area contributed by atoms with Crippen LogP contribution in [0.1, 0.15) is 16.8 Å². The summed E-state index contributed by atoms with van der Waals surface area (Å²) in [5, 5.41) is 22.4. The van der Waals surface area contributed by atoms with Gasteiger partial charge in [0.15, 0.2) is 0 Å². The summed E-state index contributed by atoms with van der Waals surface area (Å²) in [5.41, 5.74) is 0.319. The van der Waals surface area contributed by atoms with Crippen LogP contribution in [0.25, 0.3) is 0 Å². The van der Waals surface area contributed by atoms with Crippen LogP contribution in [0.3, 0.4) is 0 Å². The number of nitrogens with zero attached hydrogens (tertiary/aromatic N) is 2. The molecule has 1 fully saturated rings. The number of ether oxygens (including phenoxy) is 1. The largest absolute Gasteiger partial charge is 0.390 e. The molecule has 1 saturated carbocycles. The highest BCUT2D eigenvalue weighted by Gasteiger charge is 2.42. The van der Waals surface area contributed by atoms with Gasteiger partial charge in [-0.25, -0.2) is 9.97 Å². The summed E-state index contributed by atoms with van der Waals surface area (Å²) in [4.78, 5) is 19.4. The average Bonchev–Trinajstić information content (AvgIpc) is 2.69. The van der Waals surface area contributed by atoms with Gasteiger partial charge in [-0.3, -0.25) is 4.79 Å². The van der Waals surface area contributed by atoms with Crippen molar-refractivity contribution < 1.29 is 19.7 Å². The third-order valence-electron chi connectivity index (χ3n) is 3.32. The molecule has 3 N–H and O–H groups in total. The Morgan fingerprint density at radius 3 is 2.74 bits per heavy atom. The average molecular weight is 267 g/mol. The van der Waals surface area contributed by atoms with Crippen molar-refractivity contribution in [2.45, 2.75) is 24.7 Å². The molecule has 0 aromatic carbocycles. The second kappa shape index (κ2) is 6.05. The molecule has 4 unspecified atom stereocenters. The van der Waals surface area contributed by atoms with E-state index in [1.165, 1.54) is 25.8 Å². The van der Waals surface area contributed by atoms with E-state index in [1.807, 2.05) is 0 Å². The van der Waals surface area contributed by atoms with Crippen LogP contribution in [0.5, 0.6) is 0 Å². The number of aromatic nitrogens is 2. The number of aliphatic hydroxyl groups is 2. The standard InChI is InChI=1S/C12H17N3O4/c1-19-5-7-2-9(11(17)10(7)16)15-12(18)8-3-13-6-14-4-8/h3-4,6-7,9-11,16-17H,2,5H2,1H3,(H,15,18). The summed E-state index contributed by atoms with van der Waals surface area (Å²) in [6, 6.07) is -0.497. The van der Waals surface area contributed by atoms with Crippen LogP contribution in [0.15, 0.2) is 18.7 Å². The van der Waals surface area contributed by atoms with Gasteiger partial charge in [-0.1, -0.05) is 0 Å². The van der Waals surface area contributed by atoms with Gasteiger partial charge in [0.1, 0.15) is 12.4 Å². The van der Waals surface area contributed by atoms with E-state index in [2.05, 4.69) is 15.3 Å². The van der Waals surface area contributed by atoms with E-state index in [1.54, 1.807) is 0 Å². The van der Waals surface area contributed by atoms with E-state index in [4.69, 9.17) is 4.74 Å². The second-order valence-electron chi connectivity index (χ2n) is 4.64. The molecule has 0 spiro atoms. The zero-order valence-electron chi connectivity index (χ0n) is 10.6. The first-order chi connectivity index (χ1) is 9.13.